The minimum atomic E-state index is -1.43. The van der Waals surface area contributed by atoms with Crippen LogP contribution in [0.2, 0.25) is 0 Å². The predicted octanol–water partition coefficient (Wildman–Crippen LogP) is 7.34. The molecule has 0 aliphatic carbocycles. The van der Waals surface area contributed by atoms with Crippen LogP contribution in [0.1, 0.15) is 10.4 Å². The van der Waals surface area contributed by atoms with E-state index in [1.54, 1.807) is 0 Å². The Kier molecular flexibility index (Phi) is 6.41. The Balaban J connectivity index is 2.40. The van der Waals surface area contributed by atoms with Crippen LogP contribution in [-0.4, -0.2) is 21.3 Å². The number of hydrogen-bond acceptors (Lipinski definition) is 3. The van der Waals surface area contributed by atoms with Crippen molar-refractivity contribution in [2.75, 3.05) is 0 Å². The zero-order valence-electron chi connectivity index (χ0n) is 14.7. The summed E-state index contributed by atoms with van der Waals surface area (Å²) in [4.78, 5) is 11.9. The lowest BCUT2D eigenvalue weighted by molar-refractivity contribution is 0.0697. The number of hydrogen-bond donors (Lipinski definition) is 3. The van der Waals surface area contributed by atoms with E-state index in [0.717, 1.165) is 12.1 Å². The molecule has 3 N–H and O–H groups in total. The van der Waals surface area contributed by atoms with Gasteiger partial charge in [0, 0.05) is 11.1 Å². The van der Waals surface area contributed by atoms with Crippen LogP contribution in [0.3, 0.4) is 0 Å². The quantitative estimate of drug-likeness (QED) is 0.112. The van der Waals surface area contributed by atoms with Crippen molar-refractivity contribution in [2.24, 2.45) is 0 Å². The molecule has 1 heterocycles. The van der Waals surface area contributed by atoms with Crippen LogP contribution in [0.5, 0.6) is 11.5 Å². The van der Waals surface area contributed by atoms with E-state index in [9.17, 15) is 24.5 Å². The number of halogens is 6. The van der Waals surface area contributed by atoms with Gasteiger partial charge in [0.25, 0.3) is 0 Å². The van der Waals surface area contributed by atoms with Crippen LogP contribution < -0.4 is 0 Å². The van der Waals surface area contributed by atoms with Crippen LogP contribution in [-0.2, 0) is 0 Å². The molecule has 31 heavy (non-hydrogen) atoms. The monoisotopic (exact) mass is 873 g/mol. The Morgan fingerprint density at radius 3 is 1.77 bits per heavy atom. The van der Waals surface area contributed by atoms with E-state index >= 15 is 4.39 Å². The molecule has 5 nitrogen and oxygen atoms in total. The van der Waals surface area contributed by atoms with Crippen LogP contribution in [0.25, 0.3) is 33.1 Å². The van der Waals surface area contributed by atoms with Gasteiger partial charge in [-0.2, -0.15) is 0 Å². The number of aromatic carboxylic acids is 1. The summed E-state index contributed by atoms with van der Waals surface area (Å²) in [6, 6.07) is 4.81. The lowest BCUT2D eigenvalue weighted by Gasteiger charge is -2.13. The Morgan fingerprint density at radius 2 is 1.32 bits per heavy atom. The smallest absolute Gasteiger partial charge is 0.378 e. The lowest BCUT2D eigenvalue weighted by atomic mass is 9.92. The highest BCUT2D eigenvalue weighted by atomic mass is 127. The van der Waals surface area contributed by atoms with Crippen molar-refractivity contribution < 1.29 is 33.3 Å². The molecule has 158 valence electrons. The number of carbonyl (C=O) groups is 1. The SMILES string of the molecule is O=C(O)c1ccc(F)c(F)c1-c1c2cc(I)c(O)c(I)c2[o+]c2c(I)c(O)c(I)cc12. The molecule has 0 atom stereocenters. The number of benzene rings is 3. The standard InChI is InChI=1S/C20H6F2I4O5/c21-8-2-1-5(20(29)30)12(13(8)22)11-6-3-9(23)16(27)14(25)18(6)31-19-7(11)4-10(24)17(28)15(19)26/h1-4H,(H2-,27,28,29,30)/p+1. The van der Waals surface area contributed by atoms with Crippen molar-refractivity contribution in [3.05, 3.63) is 55.7 Å². The molecule has 4 rings (SSSR count). The van der Waals surface area contributed by atoms with E-state index in [0.29, 0.717) is 25.1 Å². The van der Waals surface area contributed by atoms with Gasteiger partial charge in [0.15, 0.2) is 30.3 Å². The number of phenols is 2. The van der Waals surface area contributed by atoms with Crippen LogP contribution in [0, 0.1) is 25.9 Å². The van der Waals surface area contributed by atoms with E-state index < -0.39 is 28.7 Å². The summed E-state index contributed by atoms with van der Waals surface area (Å²) in [5, 5.41) is 31.1. The van der Waals surface area contributed by atoms with Crippen molar-refractivity contribution in [1.82, 2.24) is 0 Å². The Hall–Kier alpha value is -0.820. The summed E-state index contributed by atoms with van der Waals surface area (Å²) in [5.41, 5.74) is -0.465. The zero-order valence-corrected chi connectivity index (χ0v) is 23.4. The van der Waals surface area contributed by atoms with Gasteiger partial charge < -0.3 is 15.3 Å². The first-order valence-corrected chi connectivity index (χ1v) is 12.5. The molecule has 0 aliphatic rings. The highest BCUT2D eigenvalue weighted by Crippen LogP contribution is 2.46. The molecular formula is C20H7F2I4O5+. The van der Waals surface area contributed by atoms with Gasteiger partial charge in [-0.25, -0.2) is 18.0 Å². The lowest BCUT2D eigenvalue weighted by Crippen LogP contribution is -2.05. The summed E-state index contributed by atoms with van der Waals surface area (Å²) < 4.78 is 36.9. The molecule has 0 spiro atoms. The molecule has 0 aliphatic heterocycles. The normalized spacial score (nSPS) is 11.4. The molecule has 3 aromatic carbocycles. The third-order valence-electron chi connectivity index (χ3n) is 4.62. The minimum Gasteiger partial charge on any atom is -0.505 e. The molecule has 0 saturated carbocycles. The van der Waals surface area contributed by atoms with Crippen molar-refractivity contribution in [3.63, 3.8) is 0 Å². The number of carboxylic acid groups (broad SMARTS) is 1. The fourth-order valence-corrected chi connectivity index (χ4v) is 6.82. The molecule has 4 aromatic rings. The van der Waals surface area contributed by atoms with Crippen molar-refractivity contribution in [3.8, 4) is 22.6 Å². The van der Waals surface area contributed by atoms with Crippen LogP contribution in [0.4, 0.5) is 8.78 Å². The van der Waals surface area contributed by atoms with Gasteiger partial charge >= 0.3 is 17.1 Å². The van der Waals surface area contributed by atoms with Crippen LogP contribution >= 0.6 is 90.4 Å². The Bertz CT molecular complexity index is 1380. The third kappa shape index (κ3) is 3.71. The molecule has 0 amide bonds. The second kappa shape index (κ2) is 8.51. The van der Waals surface area contributed by atoms with Gasteiger partial charge in [0.2, 0.25) is 0 Å². The first kappa shape index (κ1) is 23.3. The van der Waals surface area contributed by atoms with Crippen molar-refractivity contribution >= 4 is 118 Å². The average Bonchev–Trinajstić information content (AvgIpc) is 2.72. The molecule has 0 unspecified atom stereocenters. The summed E-state index contributed by atoms with van der Waals surface area (Å²) >= 11 is 7.51. The van der Waals surface area contributed by atoms with E-state index in [-0.39, 0.29) is 28.2 Å². The highest BCUT2D eigenvalue weighted by Gasteiger charge is 2.33. The Labute approximate surface area is 227 Å². The second-order valence-electron chi connectivity index (χ2n) is 6.36. The van der Waals surface area contributed by atoms with Gasteiger partial charge in [-0.3, -0.25) is 0 Å². The number of fused-ring (bicyclic) bond motifs is 2. The summed E-state index contributed by atoms with van der Waals surface area (Å²) in [6.45, 7) is 0. The first-order valence-electron chi connectivity index (χ1n) is 8.23. The van der Waals surface area contributed by atoms with Gasteiger partial charge in [-0.05, 0) is 115 Å². The largest absolute Gasteiger partial charge is 0.505 e. The molecule has 11 heteroatoms. The number of rotatable bonds is 2. The maximum absolute atomic E-state index is 15.1. The summed E-state index contributed by atoms with van der Waals surface area (Å²) in [7, 11) is 0. The number of aromatic hydroxyl groups is 2. The first-order chi connectivity index (χ1) is 14.5. The summed E-state index contributed by atoms with van der Waals surface area (Å²) in [6.07, 6.45) is 0. The molecule has 0 saturated heterocycles. The summed E-state index contributed by atoms with van der Waals surface area (Å²) in [5.74, 6) is -4.07. The topological polar surface area (TPSA) is 89.1 Å². The maximum atomic E-state index is 15.1. The van der Waals surface area contributed by atoms with Crippen molar-refractivity contribution in [2.45, 2.75) is 0 Å². The fourth-order valence-electron chi connectivity index (χ4n) is 3.24. The number of carboxylic acids is 1. The minimum absolute atomic E-state index is 0.0642. The van der Waals surface area contributed by atoms with Gasteiger partial charge in [-0.15, -0.1) is 0 Å². The van der Waals surface area contributed by atoms with Gasteiger partial charge in [0.1, 0.15) is 0 Å². The van der Waals surface area contributed by atoms with Crippen LogP contribution in [0.15, 0.2) is 28.7 Å². The maximum Gasteiger partial charge on any atom is 0.378 e. The second-order valence-corrected chi connectivity index (χ2v) is 10.8. The van der Waals surface area contributed by atoms with E-state index in [1.165, 1.54) is 12.1 Å². The molecular weight excluding hydrogens is 866 g/mol. The van der Waals surface area contributed by atoms with Gasteiger partial charge in [-0.1, -0.05) is 0 Å². The predicted molar refractivity (Wildman–Crippen MR) is 145 cm³/mol. The molecule has 0 radical (unpaired) electrons. The molecule has 0 bridgehead atoms. The highest BCUT2D eigenvalue weighted by molar-refractivity contribution is 14.1. The average molecular weight is 873 g/mol. The number of phenolic OH excluding ortho intramolecular Hbond substituents is 2. The Morgan fingerprint density at radius 1 is 0.839 bits per heavy atom. The fraction of sp³-hybridized carbons (Fsp3) is 0. The van der Waals surface area contributed by atoms with E-state index in [2.05, 4.69) is 0 Å². The molecule has 1 aromatic heterocycles. The van der Waals surface area contributed by atoms with E-state index in [4.69, 9.17) is 4.42 Å². The van der Waals surface area contributed by atoms with E-state index in [1.807, 2.05) is 90.4 Å². The third-order valence-corrected chi connectivity index (χ3v) is 8.26. The molecule has 0 fully saturated rings. The van der Waals surface area contributed by atoms with Gasteiger partial charge in [0.05, 0.1) is 23.5 Å². The zero-order chi connectivity index (χ0) is 22.8. The van der Waals surface area contributed by atoms with Crippen molar-refractivity contribution in [1.29, 1.82) is 0 Å².